The monoisotopic (exact) mass is 468 g/mol. The molecule has 0 bridgehead atoms. The summed E-state index contributed by atoms with van der Waals surface area (Å²) in [6, 6.07) is 16.1. The quantitative estimate of drug-likeness (QED) is 0.344. The van der Waals surface area contributed by atoms with E-state index < -0.39 is 17.7 Å². The highest BCUT2D eigenvalue weighted by Gasteiger charge is 2.30. The van der Waals surface area contributed by atoms with E-state index in [2.05, 4.69) is 11.8 Å². The van der Waals surface area contributed by atoms with E-state index in [1.54, 1.807) is 12.1 Å². The van der Waals surface area contributed by atoms with E-state index in [0.717, 1.165) is 55.2 Å². The summed E-state index contributed by atoms with van der Waals surface area (Å²) >= 11 is 0. The molecule has 0 unspecified atom stereocenters. The molecule has 0 saturated carbocycles. The number of anilines is 2. The van der Waals surface area contributed by atoms with Crippen LogP contribution in [0.3, 0.4) is 0 Å². The zero-order valence-electron chi connectivity index (χ0n) is 19.2. The van der Waals surface area contributed by atoms with Crippen LogP contribution in [0.2, 0.25) is 0 Å². The minimum Gasteiger partial charge on any atom is -0.465 e. The lowest BCUT2D eigenvalue weighted by Gasteiger charge is -2.32. The SMILES string of the molecule is COC(=O)c1cc(-c2cccc(C(F)(F)F)c2)cc(-c2ccc(N3CCC(C)CC3)cc2)c1N. The summed E-state index contributed by atoms with van der Waals surface area (Å²) < 4.78 is 44.7. The minimum atomic E-state index is -4.47. The molecular weight excluding hydrogens is 441 g/mol. The van der Waals surface area contributed by atoms with Gasteiger partial charge in [0.25, 0.3) is 0 Å². The Kier molecular flexibility index (Phi) is 6.55. The molecule has 1 fully saturated rings. The Labute approximate surface area is 197 Å². The molecule has 0 aliphatic carbocycles. The Morgan fingerprint density at radius 3 is 2.26 bits per heavy atom. The van der Waals surface area contributed by atoms with Crippen LogP contribution in [0.15, 0.2) is 60.7 Å². The molecule has 34 heavy (non-hydrogen) atoms. The number of esters is 1. The van der Waals surface area contributed by atoms with Gasteiger partial charge >= 0.3 is 12.1 Å². The van der Waals surface area contributed by atoms with E-state index in [9.17, 15) is 18.0 Å². The first kappa shape index (κ1) is 23.7. The molecule has 178 valence electrons. The molecule has 1 aliphatic rings. The first-order valence-electron chi connectivity index (χ1n) is 11.2. The number of nitrogen functional groups attached to an aromatic ring is 1. The maximum absolute atomic E-state index is 13.3. The normalized spacial score (nSPS) is 14.8. The topological polar surface area (TPSA) is 55.6 Å². The van der Waals surface area contributed by atoms with Gasteiger partial charge in [-0.1, -0.05) is 31.2 Å². The third-order valence-corrected chi connectivity index (χ3v) is 6.44. The molecule has 1 saturated heterocycles. The van der Waals surface area contributed by atoms with Crippen molar-refractivity contribution in [1.29, 1.82) is 0 Å². The lowest BCUT2D eigenvalue weighted by Crippen LogP contribution is -2.32. The van der Waals surface area contributed by atoms with Gasteiger partial charge in [0, 0.05) is 24.3 Å². The van der Waals surface area contributed by atoms with Crippen molar-refractivity contribution in [1.82, 2.24) is 0 Å². The van der Waals surface area contributed by atoms with Gasteiger partial charge in [-0.05, 0) is 71.8 Å². The van der Waals surface area contributed by atoms with Crippen LogP contribution in [-0.2, 0) is 10.9 Å². The van der Waals surface area contributed by atoms with Crippen molar-refractivity contribution in [3.05, 3.63) is 71.8 Å². The Balaban J connectivity index is 1.76. The number of hydrogen-bond acceptors (Lipinski definition) is 4. The maximum atomic E-state index is 13.3. The molecule has 7 heteroatoms. The van der Waals surface area contributed by atoms with Gasteiger partial charge in [-0.2, -0.15) is 13.2 Å². The van der Waals surface area contributed by atoms with Crippen LogP contribution in [0.5, 0.6) is 0 Å². The van der Waals surface area contributed by atoms with Crippen molar-refractivity contribution in [2.45, 2.75) is 25.9 Å². The van der Waals surface area contributed by atoms with E-state index in [0.29, 0.717) is 16.7 Å². The fourth-order valence-electron chi connectivity index (χ4n) is 4.33. The van der Waals surface area contributed by atoms with Gasteiger partial charge in [0.2, 0.25) is 0 Å². The number of piperidine rings is 1. The van der Waals surface area contributed by atoms with Gasteiger partial charge in [-0.3, -0.25) is 0 Å². The number of hydrogen-bond donors (Lipinski definition) is 1. The number of benzene rings is 3. The average Bonchev–Trinajstić information content (AvgIpc) is 2.84. The molecule has 4 rings (SSSR count). The Bertz CT molecular complexity index is 1180. The highest BCUT2D eigenvalue weighted by molar-refractivity contribution is 6.01. The number of rotatable bonds is 4. The van der Waals surface area contributed by atoms with Crippen LogP contribution in [-0.4, -0.2) is 26.2 Å². The smallest absolute Gasteiger partial charge is 0.416 e. The summed E-state index contributed by atoms with van der Waals surface area (Å²) in [4.78, 5) is 14.8. The Morgan fingerprint density at radius 1 is 0.971 bits per heavy atom. The summed E-state index contributed by atoms with van der Waals surface area (Å²) in [5.74, 6) is 0.0808. The van der Waals surface area contributed by atoms with Crippen LogP contribution in [0.1, 0.15) is 35.7 Å². The van der Waals surface area contributed by atoms with Crippen LogP contribution >= 0.6 is 0 Å². The van der Waals surface area contributed by atoms with Crippen molar-refractivity contribution in [2.24, 2.45) is 5.92 Å². The molecule has 0 aromatic heterocycles. The number of methoxy groups -OCH3 is 1. The van der Waals surface area contributed by atoms with Crippen LogP contribution < -0.4 is 10.6 Å². The molecule has 1 aliphatic heterocycles. The van der Waals surface area contributed by atoms with Gasteiger partial charge in [0.15, 0.2) is 0 Å². The number of carbonyl (C=O) groups is 1. The fraction of sp³-hybridized carbons (Fsp3) is 0.296. The standard InChI is InChI=1S/C27H27F3N2O2/c1-17-10-12-32(13-11-17)22-8-6-18(7-9-22)23-15-20(16-24(25(23)31)26(33)34-2)19-4-3-5-21(14-19)27(28,29)30/h3-9,14-17H,10-13,31H2,1-2H3. The maximum Gasteiger partial charge on any atom is 0.416 e. The van der Waals surface area contributed by atoms with Gasteiger partial charge in [-0.15, -0.1) is 0 Å². The van der Waals surface area contributed by atoms with Crippen LogP contribution in [0, 0.1) is 5.92 Å². The lowest BCUT2D eigenvalue weighted by atomic mass is 9.93. The molecule has 3 aromatic carbocycles. The summed E-state index contributed by atoms with van der Waals surface area (Å²) in [6.07, 6.45) is -2.17. The number of nitrogens with zero attached hydrogens (tertiary/aromatic N) is 1. The largest absolute Gasteiger partial charge is 0.465 e. The average molecular weight is 469 g/mol. The van der Waals surface area contributed by atoms with Gasteiger partial charge in [0.1, 0.15) is 0 Å². The van der Waals surface area contributed by atoms with Gasteiger partial charge in [0.05, 0.1) is 23.9 Å². The zero-order chi connectivity index (χ0) is 24.5. The predicted molar refractivity (Wildman–Crippen MR) is 129 cm³/mol. The third kappa shape index (κ3) is 4.88. The van der Waals surface area contributed by atoms with Crippen molar-refractivity contribution >= 4 is 17.3 Å². The van der Waals surface area contributed by atoms with Crippen molar-refractivity contribution in [2.75, 3.05) is 30.8 Å². The molecular formula is C27H27F3N2O2. The molecule has 0 radical (unpaired) electrons. The molecule has 3 aromatic rings. The highest BCUT2D eigenvalue weighted by atomic mass is 19.4. The summed E-state index contributed by atoms with van der Waals surface area (Å²) in [6.45, 7) is 4.26. The molecule has 0 atom stereocenters. The zero-order valence-corrected chi connectivity index (χ0v) is 19.2. The molecule has 1 heterocycles. The summed E-state index contributed by atoms with van der Waals surface area (Å²) in [7, 11) is 1.24. The number of nitrogens with two attached hydrogens (primary N) is 1. The third-order valence-electron chi connectivity index (χ3n) is 6.44. The fourth-order valence-corrected chi connectivity index (χ4v) is 4.33. The second-order valence-corrected chi connectivity index (χ2v) is 8.77. The van der Waals surface area contributed by atoms with E-state index in [1.165, 1.54) is 19.2 Å². The van der Waals surface area contributed by atoms with Crippen molar-refractivity contribution in [3.8, 4) is 22.3 Å². The second kappa shape index (κ2) is 9.41. The molecule has 0 amide bonds. The Hall–Kier alpha value is -3.48. The summed E-state index contributed by atoms with van der Waals surface area (Å²) in [5, 5.41) is 0. The minimum absolute atomic E-state index is 0.113. The van der Waals surface area contributed by atoms with E-state index in [1.807, 2.05) is 24.3 Å². The molecule has 0 spiro atoms. The van der Waals surface area contributed by atoms with Gasteiger partial charge in [-0.25, -0.2) is 4.79 Å². The first-order valence-corrected chi connectivity index (χ1v) is 11.2. The summed E-state index contributed by atoms with van der Waals surface area (Å²) in [5.41, 5.74) is 9.14. The molecule has 2 N–H and O–H groups in total. The first-order chi connectivity index (χ1) is 16.2. The number of halogens is 3. The predicted octanol–water partition coefficient (Wildman–Crippen LogP) is 6.64. The van der Waals surface area contributed by atoms with Gasteiger partial charge < -0.3 is 15.4 Å². The van der Waals surface area contributed by atoms with E-state index in [-0.39, 0.29) is 11.3 Å². The van der Waals surface area contributed by atoms with Crippen LogP contribution in [0.4, 0.5) is 24.5 Å². The number of carbonyl (C=O) groups excluding carboxylic acids is 1. The number of alkyl halides is 3. The van der Waals surface area contributed by atoms with Crippen molar-refractivity contribution in [3.63, 3.8) is 0 Å². The van der Waals surface area contributed by atoms with E-state index >= 15 is 0 Å². The second-order valence-electron chi connectivity index (χ2n) is 8.77. The highest BCUT2D eigenvalue weighted by Crippen LogP contribution is 2.38. The Morgan fingerprint density at radius 2 is 1.65 bits per heavy atom. The lowest BCUT2D eigenvalue weighted by molar-refractivity contribution is -0.137. The number of ether oxygens (including phenoxy) is 1. The van der Waals surface area contributed by atoms with E-state index in [4.69, 9.17) is 10.5 Å². The molecule has 4 nitrogen and oxygen atoms in total. The van der Waals surface area contributed by atoms with Crippen LogP contribution in [0.25, 0.3) is 22.3 Å². The van der Waals surface area contributed by atoms with Crippen molar-refractivity contribution < 1.29 is 22.7 Å².